The lowest BCUT2D eigenvalue weighted by molar-refractivity contribution is 0.0981. The fourth-order valence-corrected chi connectivity index (χ4v) is 5.64. The van der Waals surface area contributed by atoms with Crippen LogP contribution in [0.5, 0.6) is 0 Å². The van der Waals surface area contributed by atoms with E-state index in [1.54, 1.807) is 17.0 Å². The van der Waals surface area contributed by atoms with Gasteiger partial charge < -0.3 is 4.90 Å². The highest BCUT2D eigenvalue weighted by molar-refractivity contribution is 7.92. The van der Waals surface area contributed by atoms with Gasteiger partial charge in [0, 0.05) is 17.3 Å². The number of nitrogens with zero attached hydrogens (tertiary/aromatic N) is 1. The molecule has 0 saturated heterocycles. The molecule has 3 aromatic rings. The number of aryl methyl sites for hydroxylation is 2. The van der Waals surface area contributed by atoms with Crippen molar-refractivity contribution in [3.05, 3.63) is 87.9 Å². The average molecular weight is 455 g/mol. The van der Waals surface area contributed by atoms with Crippen molar-refractivity contribution in [2.75, 3.05) is 9.62 Å². The molecule has 31 heavy (non-hydrogen) atoms. The number of fused-ring (bicyclic) bond motifs is 1. The number of hydrogen-bond acceptors (Lipinski definition) is 3. The lowest BCUT2D eigenvalue weighted by atomic mass is 10.1. The molecule has 0 aliphatic carbocycles. The Bertz CT molecular complexity index is 1290. The molecule has 1 aliphatic rings. The summed E-state index contributed by atoms with van der Waals surface area (Å²) in [4.78, 5) is 14.9. The van der Waals surface area contributed by atoms with Crippen molar-refractivity contribution in [3.63, 3.8) is 0 Å². The number of carbonyl (C=O) groups is 1. The van der Waals surface area contributed by atoms with E-state index in [0.717, 1.165) is 28.8 Å². The van der Waals surface area contributed by atoms with Gasteiger partial charge in [0.05, 0.1) is 10.7 Å². The quantitative estimate of drug-likeness (QED) is 0.577. The molecule has 0 fully saturated rings. The normalized spacial score (nSPS) is 15.6. The number of sulfonamides is 1. The number of carbonyl (C=O) groups excluding carboxylic acids is 1. The lowest BCUT2D eigenvalue weighted by Crippen LogP contribution is -2.35. The monoisotopic (exact) mass is 454 g/mol. The van der Waals surface area contributed by atoms with Crippen molar-refractivity contribution in [3.8, 4) is 0 Å². The maximum absolute atomic E-state index is 13.3. The van der Waals surface area contributed by atoms with E-state index in [-0.39, 0.29) is 27.4 Å². The Labute approximate surface area is 187 Å². The zero-order valence-corrected chi connectivity index (χ0v) is 19.1. The van der Waals surface area contributed by atoms with Crippen LogP contribution in [-0.2, 0) is 16.4 Å². The molecule has 4 rings (SSSR count). The SMILES string of the molecule is Cc1ccc(NS(=O)(=O)c2cc(C(=O)N3c4ccccc4C[C@@H]3C)ccc2Cl)c(C)c1. The second-order valence-electron chi connectivity index (χ2n) is 7.93. The molecule has 1 amide bonds. The third-order valence-electron chi connectivity index (χ3n) is 5.52. The Morgan fingerprint density at radius 2 is 1.81 bits per heavy atom. The van der Waals surface area contributed by atoms with Gasteiger partial charge in [-0.3, -0.25) is 9.52 Å². The van der Waals surface area contributed by atoms with E-state index in [0.29, 0.717) is 5.69 Å². The largest absolute Gasteiger partial charge is 0.305 e. The summed E-state index contributed by atoms with van der Waals surface area (Å²) in [5.41, 5.74) is 4.53. The van der Waals surface area contributed by atoms with Gasteiger partial charge in [0.25, 0.3) is 15.9 Å². The van der Waals surface area contributed by atoms with Crippen LogP contribution in [0.1, 0.15) is 34.0 Å². The van der Waals surface area contributed by atoms with Crippen LogP contribution in [0.2, 0.25) is 5.02 Å². The molecule has 0 bridgehead atoms. The number of halogens is 1. The molecule has 0 aromatic heterocycles. The summed E-state index contributed by atoms with van der Waals surface area (Å²) in [6, 6.07) is 17.5. The first-order valence-electron chi connectivity index (χ1n) is 9.98. The van der Waals surface area contributed by atoms with Gasteiger partial charge in [-0.25, -0.2) is 8.42 Å². The van der Waals surface area contributed by atoms with Gasteiger partial charge >= 0.3 is 0 Å². The van der Waals surface area contributed by atoms with Gasteiger partial charge in [-0.2, -0.15) is 0 Å². The molecule has 0 spiro atoms. The van der Waals surface area contributed by atoms with E-state index in [9.17, 15) is 13.2 Å². The fourth-order valence-electron chi connectivity index (χ4n) is 3.98. The molecule has 1 heterocycles. The van der Waals surface area contributed by atoms with E-state index < -0.39 is 10.0 Å². The number of amides is 1. The zero-order chi connectivity index (χ0) is 22.3. The van der Waals surface area contributed by atoms with Crippen molar-refractivity contribution >= 4 is 38.9 Å². The average Bonchev–Trinajstić information content (AvgIpc) is 3.05. The third-order valence-corrected chi connectivity index (χ3v) is 7.37. The third kappa shape index (κ3) is 4.05. The fraction of sp³-hybridized carbons (Fsp3) is 0.208. The summed E-state index contributed by atoms with van der Waals surface area (Å²) in [6.07, 6.45) is 0.759. The van der Waals surface area contributed by atoms with Gasteiger partial charge in [0.1, 0.15) is 4.90 Å². The Balaban J connectivity index is 1.69. The van der Waals surface area contributed by atoms with Crippen molar-refractivity contribution in [2.24, 2.45) is 0 Å². The second-order valence-corrected chi connectivity index (χ2v) is 9.98. The summed E-state index contributed by atoms with van der Waals surface area (Å²) in [6.45, 7) is 5.75. The van der Waals surface area contributed by atoms with Crippen LogP contribution >= 0.6 is 11.6 Å². The summed E-state index contributed by atoms with van der Waals surface area (Å²) in [7, 11) is -3.99. The van der Waals surface area contributed by atoms with Gasteiger partial charge in [0.15, 0.2) is 0 Å². The van der Waals surface area contributed by atoms with E-state index in [2.05, 4.69) is 4.72 Å². The minimum atomic E-state index is -3.99. The van der Waals surface area contributed by atoms with Crippen LogP contribution in [0.4, 0.5) is 11.4 Å². The highest BCUT2D eigenvalue weighted by Gasteiger charge is 2.32. The molecule has 160 valence electrons. The van der Waals surface area contributed by atoms with E-state index in [4.69, 9.17) is 11.6 Å². The van der Waals surface area contributed by atoms with Gasteiger partial charge in [-0.1, -0.05) is 47.5 Å². The van der Waals surface area contributed by atoms with Crippen LogP contribution in [0.25, 0.3) is 0 Å². The smallest absolute Gasteiger partial charge is 0.263 e. The van der Waals surface area contributed by atoms with Crippen molar-refractivity contribution < 1.29 is 13.2 Å². The number of benzene rings is 3. The first kappa shape index (κ1) is 21.4. The minimum Gasteiger partial charge on any atom is -0.305 e. The van der Waals surface area contributed by atoms with Crippen LogP contribution in [0.15, 0.2) is 65.6 Å². The second kappa shape index (κ2) is 8.02. The van der Waals surface area contributed by atoms with Gasteiger partial charge in [-0.05, 0) is 68.7 Å². The number of rotatable bonds is 4. The zero-order valence-electron chi connectivity index (χ0n) is 17.5. The summed E-state index contributed by atoms with van der Waals surface area (Å²) >= 11 is 6.24. The first-order valence-corrected chi connectivity index (χ1v) is 11.8. The maximum Gasteiger partial charge on any atom is 0.263 e. The molecular weight excluding hydrogens is 432 g/mol. The molecule has 0 unspecified atom stereocenters. The number of anilines is 2. The van der Waals surface area contributed by atoms with Gasteiger partial charge in [-0.15, -0.1) is 0 Å². The van der Waals surface area contributed by atoms with E-state index >= 15 is 0 Å². The molecular formula is C24H23ClN2O3S. The lowest BCUT2D eigenvalue weighted by Gasteiger charge is -2.23. The minimum absolute atomic E-state index is 0.0195. The molecule has 0 radical (unpaired) electrons. The molecule has 1 atom stereocenters. The molecule has 5 nitrogen and oxygen atoms in total. The van der Waals surface area contributed by atoms with Crippen LogP contribution in [0, 0.1) is 13.8 Å². The predicted molar refractivity (Wildman–Crippen MR) is 125 cm³/mol. The maximum atomic E-state index is 13.3. The Hall–Kier alpha value is -2.83. The molecule has 7 heteroatoms. The molecule has 0 saturated carbocycles. The van der Waals surface area contributed by atoms with Crippen molar-refractivity contribution in [2.45, 2.75) is 38.1 Å². The summed E-state index contributed by atoms with van der Waals surface area (Å²) < 4.78 is 28.8. The highest BCUT2D eigenvalue weighted by Crippen LogP contribution is 2.34. The molecule has 1 N–H and O–H groups in total. The van der Waals surface area contributed by atoms with E-state index in [1.165, 1.54) is 12.1 Å². The van der Waals surface area contributed by atoms with Gasteiger partial charge in [0.2, 0.25) is 0 Å². The van der Waals surface area contributed by atoms with E-state index in [1.807, 2.05) is 57.2 Å². The number of hydrogen-bond donors (Lipinski definition) is 1. The first-order chi connectivity index (χ1) is 14.7. The molecule has 3 aromatic carbocycles. The van der Waals surface area contributed by atoms with Crippen molar-refractivity contribution in [1.29, 1.82) is 0 Å². The van der Waals surface area contributed by atoms with Crippen LogP contribution < -0.4 is 9.62 Å². The topological polar surface area (TPSA) is 66.5 Å². The standard InChI is InChI=1S/C24H23ClN2O3S/c1-15-8-11-21(16(2)12-15)26-31(29,30)23-14-19(9-10-20(23)25)24(28)27-17(3)13-18-6-4-5-7-22(18)27/h4-12,14,17,26H,13H2,1-3H3/t17-/m0/s1. The molecule has 1 aliphatic heterocycles. The summed E-state index contributed by atoms with van der Waals surface area (Å²) in [5, 5.41) is 0.0590. The predicted octanol–water partition coefficient (Wildman–Crippen LogP) is 5.35. The van der Waals surface area contributed by atoms with Crippen molar-refractivity contribution in [1.82, 2.24) is 0 Å². The Kier molecular flexibility index (Phi) is 5.54. The number of para-hydroxylation sites is 1. The number of nitrogens with one attached hydrogen (secondary N) is 1. The highest BCUT2D eigenvalue weighted by atomic mass is 35.5. The van der Waals surface area contributed by atoms with Crippen LogP contribution in [0.3, 0.4) is 0 Å². The summed E-state index contributed by atoms with van der Waals surface area (Å²) in [5.74, 6) is -0.253. The Morgan fingerprint density at radius 3 is 2.55 bits per heavy atom. The van der Waals surface area contributed by atoms with Crippen LogP contribution in [-0.4, -0.2) is 20.4 Å². The Morgan fingerprint density at radius 1 is 1.06 bits per heavy atom.